The van der Waals surface area contributed by atoms with Crippen LogP contribution in [0.4, 0.5) is 0 Å². The molecule has 0 aliphatic carbocycles. The van der Waals surface area contributed by atoms with Gasteiger partial charge in [0.25, 0.3) is 0 Å². The molecule has 1 N–H and O–H groups in total. The largest absolute Gasteiger partial charge is 0.497 e. The van der Waals surface area contributed by atoms with Crippen LogP contribution in [0.2, 0.25) is 0 Å². The van der Waals surface area contributed by atoms with E-state index in [0.717, 1.165) is 42.2 Å². The fourth-order valence-corrected chi connectivity index (χ4v) is 4.09. The highest BCUT2D eigenvalue weighted by Gasteiger charge is 2.30. The van der Waals surface area contributed by atoms with E-state index >= 15 is 0 Å². The molecule has 2 aromatic carbocycles. The number of hydrogen-bond donors (Lipinski definition) is 1. The van der Waals surface area contributed by atoms with Crippen LogP contribution in [0.5, 0.6) is 23.0 Å². The first-order chi connectivity index (χ1) is 14.7. The standard InChI is InChI=1S/C23H28N2O5/c1-27-16-9-10-18(22(12-16)28-2)19-6-5-11-25(19)14-23(26)24-13-17-15-29-20-7-3-4-8-21(20)30-17/h3-4,7-10,12,17,19H,5-6,11,13-15H2,1-2H3,(H,24,26)/t17-,19+/m1/s1. The number of amides is 1. The van der Waals surface area contributed by atoms with E-state index in [4.69, 9.17) is 18.9 Å². The maximum atomic E-state index is 12.6. The van der Waals surface area contributed by atoms with Crippen LogP contribution in [0.3, 0.4) is 0 Å². The summed E-state index contributed by atoms with van der Waals surface area (Å²) in [6.07, 6.45) is 1.84. The third-order valence-electron chi connectivity index (χ3n) is 5.60. The third kappa shape index (κ3) is 4.46. The lowest BCUT2D eigenvalue weighted by molar-refractivity contribution is -0.123. The quantitative estimate of drug-likeness (QED) is 0.754. The monoisotopic (exact) mass is 412 g/mol. The highest BCUT2D eigenvalue weighted by Crippen LogP contribution is 2.38. The molecule has 0 spiro atoms. The number of fused-ring (bicyclic) bond motifs is 1. The molecule has 0 saturated carbocycles. The number of nitrogens with one attached hydrogen (secondary N) is 1. The van der Waals surface area contributed by atoms with Crippen molar-refractivity contribution in [3.63, 3.8) is 0 Å². The first-order valence-corrected chi connectivity index (χ1v) is 10.3. The summed E-state index contributed by atoms with van der Waals surface area (Å²) in [5, 5.41) is 2.99. The minimum atomic E-state index is -0.195. The van der Waals surface area contributed by atoms with Gasteiger partial charge in [0.2, 0.25) is 5.91 Å². The second-order valence-electron chi connectivity index (χ2n) is 7.54. The lowest BCUT2D eigenvalue weighted by Crippen LogP contribution is -2.44. The van der Waals surface area contributed by atoms with Gasteiger partial charge in [-0.25, -0.2) is 0 Å². The molecule has 2 aliphatic rings. The molecular weight excluding hydrogens is 384 g/mol. The van der Waals surface area contributed by atoms with E-state index in [-0.39, 0.29) is 18.1 Å². The highest BCUT2D eigenvalue weighted by molar-refractivity contribution is 5.78. The Morgan fingerprint density at radius 2 is 2.00 bits per heavy atom. The number of carbonyl (C=O) groups is 1. The van der Waals surface area contributed by atoms with Gasteiger partial charge in [0.05, 0.1) is 27.3 Å². The molecule has 1 saturated heterocycles. The average molecular weight is 412 g/mol. The second-order valence-corrected chi connectivity index (χ2v) is 7.54. The number of hydrogen-bond acceptors (Lipinski definition) is 6. The average Bonchev–Trinajstić information content (AvgIpc) is 3.24. The Labute approximate surface area is 176 Å². The van der Waals surface area contributed by atoms with Crippen molar-refractivity contribution in [2.75, 3.05) is 40.5 Å². The molecule has 1 amide bonds. The zero-order valence-electron chi connectivity index (χ0n) is 17.4. The van der Waals surface area contributed by atoms with Crippen LogP contribution in [0, 0.1) is 0 Å². The van der Waals surface area contributed by atoms with Crippen molar-refractivity contribution in [3.05, 3.63) is 48.0 Å². The van der Waals surface area contributed by atoms with Crippen LogP contribution in [0.15, 0.2) is 42.5 Å². The van der Waals surface area contributed by atoms with Gasteiger partial charge in [0, 0.05) is 17.7 Å². The van der Waals surface area contributed by atoms with Gasteiger partial charge in [-0.2, -0.15) is 0 Å². The van der Waals surface area contributed by atoms with Crippen LogP contribution < -0.4 is 24.3 Å². The Kier molecular flexibility index (Phi) is 6.28. The molecule has 0 radical (unpaired) electrons. The second kappa shape index (κ2) is 9.26. The van der Waals surface area contributed by atoms with E-state index in [0.29, 0.717) is 25.4 Å². The van der Waals surface area contributed by atoms with Crippen LogP contribution in [-0.4, -0.2) is 57.4 Å². The van der Waals surface area contributed by atoms with Crippen LogP contribution in [0.25, 0.3) is 0 Å². The van der Waals surface area contributed by atoms with E-state index in [9.17, 15) is 4.79 Å². The number of rotatable bonds is 7. The molecule has 4 rings (SSSR count). The van der Waals surface area contributed by atoms with Gasteiger partial charge in [0.1, 0.15) is 24.2 Å². The first kappa shape index (κ1) is 20.3. The molecular formula is C23H28N2O5. The van der Waals surface area contributed by atoms with E-state index < -0.39 is 0 Å². The SMILES string of the molecule is COc1ccc([C@@H]2CCCN2CC(=O)NC[C@@H]2COc3ccccc3O2)c(OC)c1. The van der Waals surface area contributed by atoms with Crippen molar-refractivity contribution in [3.8, 4) is 23.0 Å². The van der Waals surface area contributed by atoms with Crippen LogP contribution in [-0.2, 0) is 4.79 Å². The normalized spacial score (nSPS) is 20.6. The highest BCUT2D eigenvalue weighted by atomic mass is 16.6. The molecule has 0 aromatic heterocycles. The van der Waals surface area contributed by atoms with Crippen molar-refractivity contribution < 1.29 is 23.7 Å². The predicted molar refractivity (Wildman–Crippen MR) is 112 cm³/mol. The Morgan fingerprint density at radius 1 is 1.17 bits per heavy atom. The summed E-state index contributed by atoms with van der Waals surface area (Å²) in [5.41, 5.74) is 1.09. The predicted octanol–water partition coefficient (Wildman–Crippen LogP) is 2.80. The summed E-state index contributed by atoms with van der Waals surface area (Å²) in [4.78, 5) is 14.8. The topological polar surface area (TPSA) is 69.3 Å². The van der Waals surface area contributed by atoms with Crippen molar-refractivity contribution in [2.45, 2.75) is 25.0 Å². The lowest BCUT2D eigenvalue weighted by Gasteiger charge is -2.28. The third-order valence-corrected chi connectivity index (χ3v) is 5.60. The van der Waals surface area contributed by atoms with Gasteiger partial charge >= 0.3 is 0 Å². The van der Waals surface area contributed by atoms with E-state index in [1.807, 2.05) is 42.5 Å². The fraction of sp³-hybridized carbons (Fsp3) is 0.435. The van der Waals surface area contributed by atoms with Gasteiger partial charge < -0.3 is 24.3 Å². The van der Waals surface area contributed by atoms with Crippen molar-refractivity contribution >= 4 is 5.91 Å². The number of likely N-dealkylation sites (tertiary alicyclic amines) is 1. The van der Waals surface area contributed by atoms with Gasteiger partial charge in [-0.1, -0.05) is 18.2 Å². The number of benzene rings is 2. The molecule has 2 atom stereocenters. The Balaban J connectivity index is 1.33. The van der Waals surface area contributed by atoms with Gasteiger partial charge in [-0.3, -0.25) is 9.69 Å². The molecule has 7 heteroatoms. The number of para-hydroxylation sites is 2. The molecule has 2 aliphatic heterocycles. The summed E-state index contributed by atoms with van der Waals surface area (Å²) in [6.45, 7) is 2.05. The van der Waals surface area contributed by atoms with Gasteiger partial charge in [-0.05, 0) is 37.6 Å². The molecule has 7 nitrogen and oxygen atoms in total. The van der Waals surface area contributed by atoms with Crippen molar-refractivity contribution in [1.82, 2.24) is 10.2 Å². The molecule has 1 fully saturated rings. The van der Waals surface area contributed by atoms with Gasteiger partial charge in [-0.15, -0.1) is 0 Å². The molecule has 160 valence electrons. The van der Waals surface area contributed by atoms with Crippen LogP contribution >= 0.6 is 0 Å². The number of ether oxygens (including phenoxy) is 4. The zero-order valence-corrected chi connectivity index (χ0v) is 17.4. The Bertz CT molecular complexity index is 888. The molecule has 0 bridgehead atoms. The maximum absolute atomic E-state index is 12.6. The number of nitrogens with zero attached hydrogens (tertiary/aromatic N) is 1. The summed E-state index contributed by atoms with van der Waals surface area (Å²) >= 11 is 0. The Hall–Kier alpha value is -2.93. The molecule has 30 heavy (non-hydrogen) atoms. The summed E-state index contributed by atoms with van der Waals surface area (Å²) < 4.78 is 22.5. The van der Waals surface area contributed by atoms with E-state index in [1.54, 1.807) is 14.2 Å². The summed E-state index contributed by atoms with van der Waals surface area (Å²) in [7, 11) is 3.30. The zero-order chi connectivity index (χ0) is 20.9. The van der Waals surface area contributed by atoms with Gasteiger partial charge in [0.15, 0.2) is 11.5 Å². The van der Waals surface area contributed by atoms with Crippen molar-refractivity contribution in [1.29, 1.82) is 0 Å². The minimum absolute atomic E-state index is 0.0168. The van der Waals surface area contributed by atoms with Crippen LogP contribution in [0.1, 0.15) is 24.4 Å². The van der Waals surface area contributed by atoms with E-state index in [1.165, 1.54) is 0 Å². The maximum Gasteiger partial charge on any atom is 0.234 e. The smallest absolute Gasteiger partial charge is 0.234 e. The molecule has 2 aromatic rings. The molecule has 2 heterocycles. The van der Waals surface area contributed by atoms with E-state index in [2.05, 4.69) is 10.2 Å². The van der Waals surface area contributed by atoms with Crippen molar-refractivity contribution in [2.24, 2.45) is 0 Å². The number of methoxy groups -OCH3 is 2. The summed E-state index contributed by atoms with van der Waals surface area (Å²) in [6, 6.07) is 13.6. The number of carbonyl (C=O) groups excluding carboxylic acids is 1. The fourth-order valence-electron chi connectivity index (χ4n) is 4.09. The Morgan fingerprint density at radius 3 is 2.80 bits per heavy atom. The first-order valence-electron chi connectivity index (χ1n) is 10.3. The molecule has 0 unspecified atom stereocenters. The lowest BCUT2D eigenvalue weighted by atomic mass is 10.0. The minimum Gasteiger partial charge on any atom is -0.497 e. The summed E-state index contributed by atoms with van der Waals surface area (Å²) in [5.74, 6) is 2.99.